The van der Waals surface area contributed by atoms with Gasteiger partial charge in [0.05, 0.1) is 23.3 Å². The van der Waals surface area contributed by atoms with Gasteiger partial charge in [0.15, 0.2) is 6.61 Å². The van der Waals surface area contributed by atoms with Crippen LogP contribution in [0.25, 0.3) is 0 Å². The molecule has 2 amide bonds. The molecule has 0 aliphatic carbocycles. The molecule has 0 saturated carbocycles. The number of β-lactam (4-membered cyclic amide) rings is 1. The molecule has 1 heterocycles. The molecule has 6 rings (SSSR count). The topological polar surface area (TPSA) is 145 Å². The van der Waals surface area contributed by atoms with Crippen LogP contribution >= 0.6 is 18.6 Å². The Labute approximate surface area is 310 Å². The Morgan fingerprint density at radius 1 is 0.774 bits per heavy atom. The van der Waals surface area contributed by atoms with Gasteiger partial charge in [-0.05, 0) is 45.7 Å². The Morgan fingerprint density at radius 2 is 1.28 bits per heavy atom. The molecule has 1 aliphatic heterocycles. The van der Waals surface area contributed by atoms with Crippen LogP contribution in [0.15, 0.2) is 146 Å². The Morgan fingerprint density at radius 3 is 1.77 bits per heavy atom. The van der Waals surface area contributed by atoms with E-state index in [1.54, 1.807) is 24.3 Å². The lowest BCUT2D eigenvalue weighted by Crippen LogP contribution is -2.59. The second kappa shape index (κ2) is 17.0. The van der Waals surface area contributed by atoms with Crippen LogP contribution < -0.4 is 26.0 Å². The molecule has 11 nitrogen and oxygen atoms in total. The highest BCUT2D eigenvalue weighted by molar-refractivity contribution is 8.14. The highest BCUT2D eigenvalue weighted by Gasteiger charge is 2.48. The van der Waals surface area contributed by atoms with Crippen molar-refractivity contribution in [2.75, 3.05) is 13.2 Å². The fourth-order valence-corrected chi connectivity index (χ4v) is 11.4. The average molecular weight is 748 g/mol. The number of nitro benzene ring substituents is 1. The quantitative estimate of drug-likeness (QED) is 0.0558. The zero-order valence-electron chi connectivity index (χ0n) is 28.3. The molecule has 0 radical (unpaired) electrons. The summed E-state index contributed by atoms with van der Waals surface area (Å²) in [6, 6.07) is 42.8. The van der Waals surface area contributed by atoms with Crippen molar-refractivity contribution in [3.8, 4) is 5.75 Å². The maximum atomic E-state index is 14.8. The normalized spacial score (nSPS) is 13.7. The third-order valence-electron chi connectivity index (χ3n) is 8.39. The number of hydrogen-bond donors (Lipinski definition) is 1. The van der Waals surface area contributed by atoms with Crippen molar-refractivity contribution >= 4 is 68.6 Å². The van der Waals surface area contributed by atoms with E-state index in [1.165, 1.54) is 29.2 Å². The lowest BCUT2D eigenvalue weighted by molar-refractivity contribution is -0.384. The van der Waals surface area contributed by atoms with Gasteiger partial charge in [-0.3, -0.25) is 29.4 Å². The standard InChI is InChI=1S/C40H34N3O8PS/c44-35(28-50-31-13-5-1-6-14-31)41-26-38(46)53-37-25-36(45)42(37)39(40(47)51-27-29-21-23-30(24-22-29)43(48)49)52(32-15-7-2-8-16-32,33-17-9-3-10-18-33)34-19-11-4-12-20-34/h1-24,37H,25-28H2,(H,41,44)/t37-/m0/s1. The van der Waals surface area contributed by atoms with E-state index in [2.05, 4.69) is 5.32 Å². The smallest absolute Gasteiger partial charge is 0.356 e. The van der Waals surface area contributed by atoms with E-state index in [1.807, 2.05) is 97.1 Å². The summed E-state index contributed by atoms with van der Waals surface area (Å²) in [4.78, 5) is 66.5. The van der Waals surface area contributed by atoms with Crippen molar-refractivity contribution in [2.45, 2.75) is 18.4 Å². The van der Waals surface area contributed by atoms with Gasteiger partial charge in [-0.25, -0.2) is 4.79 Å². The van der Waals surface area contributed by atoms with Gasteiger partial charge in [0.2, 0.25) is 11.0 Å². The third-order valence-corrected chi connectivity index (χ3v) is 13.7. The number of likely N-dealkylation sites (tertiary alicyclic amines) is 1. The fraction of sp³-hybridized carbons (Fsp3) is 0.125. The van der Waals surface area contributed by atoms with Crippen molar-refractivity contribution < 1.29 is 33.6 Å². The highest BCUT2D eigenvalue weighted by atomic mass is 32.2. The number of thioether (sulfide) groups is 1. The number of para-hydroxylation sites is 1. The number of non-ortho nitro benzene ring substituents is 1. The monoisotopic (exact) mass is 747 g/mol. The molecular formula is C40H34N3O8PS. The number of amides is 2. The Hall–Kier alpha value is -5.97. The zero-order valence-corrected chi connectivity index (χ0v) is 30.0. The first-order valence-corrected chi connectivity index (χ1v) is 19.2. The first-order chi connectivity index (χ1) is 25.8. The number of nitrogens with zero attached hydrogens (tertiary/aromatic N) is 2. The molecule has 53 heavy (non-hydrogen) atoms. The molecule has 0 unspecified atom stereocenters. The molecule has 13 heteroatoms. The van der Waals surface area contributed by atoms with E-state index in [-0.39, 0.29) is 43.2 Å². The van der Waals surface area contributed by atoms with E-state index in [0.29, 0.717) is 11.3 Å². The predicted molar refractivity (Wildman–Crippen MR) is 206 cm³/mol. The van der Waals surface area contributed by atoms with Gasteiger partial charge in [-0.1, -0.05) is 121 Å². The van der Waals surface area contributed by atoms with Gasteiger partial charge >= 0.3 is 5.97 Å². The second-order valence-electron chi connectivity index (χ2n) is 11.8. The zero-order chi connectivity index (χ0) is 37.2. The number of nitro groups is 1. The Bertz CT molecular complexity index is 2050. The van der Waals surface area contributed by atoms with Crippen LogP contribution in [0.2, 0.25) is 0 Å². The van der Waals surface area contributed by atoms with Crippen molar-refractivity contribution in [3.63, 3.8) is 0 Å². The van der Waals surface area contributed by atoms with Crippen LogP contribution in [0.3, 0.4) is 0 Å². The first kappa shape index (κ1) is 36.8. The molecule has 0 aromatic heterocycles. The number of esters is 1. The van der Waals surface area contributed by atoms with E-state index in [4.69, 9.17) is 9.47 Å². The van der Waals surface area contributed by atoms with Gasteiger partial charge in [-0.2, -0.15) is 0 Å². The molecule has 1 aliphatic rings. The summed E-state index contributed by atoms with van der Waals surface area (Å²) in [6.07, 6.45) is -0.0288. The van der Waals surface area contributed by atoms with Gasteiger partial charge < -0.3 is 14.8 Å². The molecule has 1 atom stereocenters. The van der Waals surface area contributed by atoms with Crippen molar-refractivity contribution in [2.24, 2.45) is 0 Å². The van der Waals surface area contributed by atoms with Gasteiger partial charge in [0.25, 0.3) is 11.6 Å². The van der Waals surface area contributed by atoms with Gasteiger partial charge in [-0.15, -0.1) is 0 Å². The number of nitrogens with one attached hydrogen (secondary N) is 1. The minimum absolute atomic E-state index is 0.0288. The number of hydrogen-bond acceptors (Lipinski definition) is 9. The number of rotatable bonds is 14. The summed E-state index contributed by atoms with van der Waals surface area (Å²) in [5.41, 5.74) is 0.490. The third kappa shape index (κ3) is 8.41. The van der Waals surface area contributed by atoms with Crippen LogP contribution in [-0.2, 0) is 30.5 Å². The van der Waals surface area contributed by atoms with Gasteiger partial charge in [0.1, 0.15) is 17.8 Å². The average Bonchev–Trinajstić information content (AvgIpc) is 3.19. The number of benzene rings is 5. The summed E-state index contributed by atoms with van der Waals surface area (Å²) >= 11 is 0.857. The maximum Gasteiger partial charge on any atom is 0.356 e. The highest BCUT2D eigenvalue weighted by Crippen LogP contribution is 2.49. The van der Waals surface area contributed by atoms with Crippen LogP contribution in [0.1, 0.15) is 12.0 Å². The predicted octanol–water partition coefficient (Wildman–Crippen LogP) is 4.78. The summed E-state index contributed by atoms with van der Waals surface area (Å²) in [6.45, 7) is -4.06. The Balaban J connectivity index is 1.39. The summed E-state index contributed by atoms with van der Waals surface area (Å²) in [5, 5.41) is 14.9. The van der Waals surface area contributed by atoms with Crippen molar-refractivity contribution in [3.05, 3.63) is 161 Å². The fourth-order valence-electron chi connectivity index (χ4n) is 5.91. The SMILES string of the molecule is O=C(COc1ccccc1)NCC(=O)S[C@H]1CC(=O)N1C(C(=O)OCc1ccc([N+](=O)[O-])cc1)=P(c1ccccc1)(c1ccccc1)c1ccccc1. The lowest BCUT2D eigenvalue weighted by Gasteiger charge is -2.44. The van der Waals surface area contributed by atoms with Crippen molar-refractivity contribution in [1.82, 2.24) is 10.2 Å². The minimum atomic E-state index is -3.22. The first-order valence-electron chi connectivity index (χ1n) is 16.6. The number of carbonyl (C=O) groups excluding carboxylic acids is 4. The molecule has 5 aromatic rings. The molecule has 0 spiro atoms. The molecule has 1 saturated heterocycles. The van der Waals surface area contributed by atoms with E-state index >= 15 is 0 Å². The minimum Gasteiger partial charge on any atom is -0.484 e. The molecule has 1 N–H and O–H groups in total. The largest absolute Gasteiger partial charge is 0.484 e. The summed E-state index contributed by atoms with van der Waals surface area (Å²) in [5.74, 6) is -1.12. The molecular weight excluding hydrogens is 713 g/mol. The summed E-state index contributed by atoms with van der Waals surface area (Å²) < 4.78 is 11.5. The van der Waals surface area contributed by atoms with E-state index in [0.717, 1.165) is 27.7 Å². The van der Waals surface area contributed by atoms with Crippen LogP contribution in [0.4, 0.5) is 5.69 Å². The Kier molecular flexibility index (Phi) is 11.8. The van der Waals surface area contributed by atoms with Crippen LogP contribution in [0, 0.1) is 10.1 Å². The van der Waals surface area contributed by atoms with Crippen LogP contribution in [0.5, 0.6) is 5.75 Å². The summed E-state index contributed by atoms with van der Waals surface area (Å²) in [7, 11) is 0. The van der Waals surface area contributed by atoms with Crippen LogP contribution in [-0.4, -0.2) is 56.7 Å². The van der Waals surface area contributed by atoms with E-state index < -0.39 is 34.2 Å². The number of ether oxygens (including phenoxy) is 2. The van der Waals surface area contributed by atoms with Crippen molar-refractivity contribution in [1.29, 1.82) is 0 Å². The lowest BCUT2D eigenvalue weighted by atomic mass is 10.2. The molecule has 268 valence electrons. The number of carbonyl (C=O) groups is 4. The molecule has 5 aromatic carbocycles. The van der Waals surface area contributed by atoms with E-state index in [9.17, 15) is 29.3 Å². The maximum absolute atomic E-state index is 14.8. The molecule has 0 bridgehead atoms. The molecule has 1 fully saturated rings. The van der Waals surface area contributed by atoms with Gasteiger partial charge in [0, 0.05) is 19.0 Å². The second-order valence-corrected chi connectivity index (χ2v) is 16.3.